The fourth-order valence-corrected chi connectivity index (χ4v) is 0. The third-order valence-electron chi connectivity index (χ3n) is 0.335. The Balaban J connectivity index is 0. The second-order valence-corrected chi connectivity index (χ2v) is 1.02. The molecule has 0 heterocycles. The minimum Gasteiger partial charge on any atom is -0.476 e. The fourth-order valence-electron chi connectivity index (χ4n) is 0. The zero-order valence-electron chi connectivity index (χ0n) is 4.97. The predicted octanol–water partition coefficient (Wildman–Crippen LogP) is -0.183. The van der Waals surface area contributed by atoms with Gasteiger partial charge in [-0.1, -0.05) is 0 Å². The molecule has 0 saturated carbocycles. The third-order valence-corrected chi connectivity index (χ3v) is 0.335. The van der Waals surface area contributed by atoms with Crippen LogP contribution in [0.1, 0.15) is 6.92 Å². The number of Topliss-reactive ketones (excluding diaryl/α,β-unsaturated/α-hetero) is 1. The summed E-state index contributed by atoms with van der Waals surface area (Å²) in [7, 11) is 0. The SMILES string of the molecule is CC(=O)C(=O)O.O=NOO. The molecule has 0 aliphatic heterocycles. The summed E-state index contributed by atoms with van der Waals surface area (Å²) in [5.41, 5.74) is 0. The van der Waals surface area contributed by atoms with Crippen molar-refractivity contribution in [3.63, 3.8) is 0 Å². The highest BCUT2D eigenvalue weighted by Gasteiger charge is 1.98. The van der Waals surface area contributed by atoms with Crippen LogP contribution >= 0.6 is 0 Å². The van der Waals surface area contributed by atoms with E-state index in [1.54, 1.807) is 5.34 Å². The van der Waals surface area contributed by atoms with Gasteiger partial charge in [0.2, 0.25) is 5.78 Å². The first-order chi connectivity index (χ1) is 4.56. The van der Waals surface area contributed by atoms with Gasteiger partial charge in [-0.15, -0.1) is 4.91 Å². The van der Waals surface area contributed by atoms with Gasteiger partial charge in [-0.3, -0.25) is 4.79 Å². The van der Waals surface area contributed by atoms with E-state index in [4.69, 9.17) is 15.3 Å². The number of hydrogen-bond donors (Lipinski definition) is 2. The van der Waals surface area contributed by atoms with Gasteiger partial charge in [0.05, 0.1) is 0 Å². The Bertz CT molecular complexity index is 119. The van der Waals surface area contributed by atoms with E-state index in [9.17, 15) is 9.59 Å². The summed E-state index contributed by atoms with van der Waals surface area (Å²) in [6.07, 6.45) is 0. The molecule has 0 saturated heterocycles. The average Bonchev–Trinajstić information content (AvgIpc) is 1.89. The Labute approximate surface area is 55.1 Å². The maximum Gasteiger partial charge on any atom is 0.371 e. The van der Waals surface area contributed by atoms with Crippen molar-refractivity contribution in [2.24, 2.45) is 5.34 Å². The number of ketones is 1. The largest absolute Gasteiger partial charge is 0.476 e. The molecule has 0 unspecified atom stereocenters. The van der Waals surface area contributed by atoms with E-state index in [-0.39, 0.29) is 0 Å². The van der Waals surface area contributed by atoms with Crippen LogP contribution in [-0.2, 0) is 14.6 Å². The minimum absolute atomic E-state index is 0.824. The summed E-state index contributed by atoms with van der Waals surface area (Å²) in [6.45, 7) is 1.00. The number of rotatable bonds is 2. The number of carbonyl (C=O) groups is 2. The van der Waals surface area contributed by atoms with Gasteiger partial charge >= 0.3 is 5.97 Å². The summed E-state index contributed by atoms with van der Waals surface area (Å²) in [6, 6.07) is 0. The number of carboxylic acids is 1. The van der Waals surface area contributed by atoms with Crippen molar-refractivity contribution in [2.75, 3.05) is 0 Å². The molecule has 0 amide bonds. The first-order valence-corrected chi connectivity index (χ1v) is 1.93. The van der Waals surface area contributed by atoms with Crippen LogP contribution in [0, 0.1) is 4.91 Å². The van der Waals surface area contributed by atoms with Gasteiger partial charge in [-0.25, -0.2) is 4.79 Å². The summed E-state index contributed by atoms with van der Waals surface area (Å²) in [5, 5.41) is 16.1. The number of hydrogen-bond acceptors (Lipinski definition) is 6. The standard InChI is InChI=1S/C3H4O3.HNO3/c1-2(4)3(5)6;2-1-4-3/h1H3,(H,5,6);3H. The molecule has 0 fully saturated rings. The molecule has 0 spiro atoms. The first-order valence-electron chi connectivity index (χ1n) is 1.93. The Morgan fingerprint density at radius 1 is 1.50 bits per heavy atom. The fraction of sp³-hybridized carbons (Fsp3) is 0.333. The highest BCUT2D eigenvalue weighted by molar-refractivity contribution is 6.31. The molecule has 0 aliphatic rings. The molecular weight excluding hydrogens is 146 g/mol. The monoisotopic (exact) mass is 151 g/mol. The van der Waals surface area contributed by atoms with Gasteiger partial charge in [-0.05, 0) is 0 Å². The Morgan fingerprint density at radius 2 is 1.70 bits per heavy atom. The van der Waals surface area contributed by atoms with E-state index < -0.39 is 11.8 Å². The molecule has 0 radical (unpaired) electrons. The van der Waals surface area contributed by atoms with E-state index in [0.717, 1.165) is 6.92 Å². The summed E-state index contributed by atoms with van der Waals surface area (Å²) in [4.78, 5) is 30.0. The van der Waals surface area contributed by atoms with Crippen LogP contribution in [0.4, 0.5) is 0 Å². The maximum absolute atomic E-state index is 9.54. The van der Waals surface area contributed by atoms with Gasteiger partial charge in [0.25, 0.3) is 0 Å². The Morgan fingerprint density at radius 3 is 1.70 bits per heavy atom. The van der Waals surface area contributed by atoms with Crippen LogP contribution in [0.3, 0.4) is 0 Å². The lowest BCUT2D eigenvalue weighted by molar-refractivity contribution is -0.245. The zero-order chi connectivity index (χ0) is 8.57. The van der Waals surface area contributed by atoms with E-state index in [2.05, 4.69) is 4.99 Å². The summed E-state index contributed by atoms with van der Waals surface area (Å²) >= 11 is 0. The molecule has 10 heavy (non-hydrogen) atoms. The summed E-state index contributed by atoms with van der Waals surface area (Å²) in [5.74, 6) is -2.20. The van der Waals surface area contributed by atoms with Crippen LogP contribution in [0.25, 0.3) is 0 Å². The van der Waals surface area contributed by atoms with Crippen LogP contribution in [0.15, 0.2) is 5.34 Å². The first kappa shape index (κ1) is 11.3. The maximum atomic E-state index is 9.54. The Hall–Kier alpha value is -1.50. The van der Waals surface area contributed by atoms with E-state index in [1.165, 1.54) is 0 Å². The summed E-state index contributed by atoms with van der Waals surface area (Å²) < 4.78 is 0. The van der Waals surface area contributed by atoms with Gasteiger partial charge in [-0.2, -0.15) is 10.2 Å². The Kier molecular flexibility index (Phi) is 8.49. The van der Waals surface area contributed by atoms with Crippen LogP contribution in [0.5, 0.6) is 0 Å². The quantitative estimate of drug-likeness (QED) is 0.245. The van der Waals surface area contributed by atoms with E-state index in [0.29, 0.717) is 0 Å². The normalized spacial score (nSPS) is 6.60. The van der Waals surface area contributed by atoms with Crippen molar-refractivity contribution >= 4 is 11.8 Å². The number of aliphatic carboxylic acids is 1. The molecular formula is C3H5NO6. The zero-order valence-corrected chi connectivity index (χ0v) is 4.97. The second-order valence-electron chi connectivity index (χ2n) is 1.02. The average molecular weight is 151 g/mol. The third kappa shape index (κ3) is 16.1. The molecule has 7 nitrogen and oxygen atoms in total. The highest BCUT2D eigenvalue weighted by atomic mass is 17.2. The van der Waals surface area contributed by atoms with E-state index in [1.807, 2.05) is 0 Å². The van der Waals surface area contributed by atoms with Gasteiger partial charge in [0.15, 0.2) is 5.34 Å². The molecule has 0 rings (SSSR count). The predicted molar refractivity (Wildman–Crippen MR) is 27.8 cm³/mol. The second kappa shape index (κ2) is 7.50. The van der Waals surface area contributed by atoms with Crippen molar-refractivity contribution in [1.82, 2.24) is 0 Å². The molecule has 58 valence electrons. The number of nitrogens with zero attached hydrogens (tertiary/aromatic N) is 1. The van der Waals surface area contributed by atoms with Crippen molar-refractivity contribution in [2.45, 2.75) is 6.92 Å². The lowest BCUT2D eigenvalue weighted by Crippen LogP contribution is -2.05. The molecule has 0 atom stereocenters. The van der Waals surface area contributed by atoms with Gasteiger partial charge in [0, 0.05) is 6.92 Å². The van der Waals surface area contributed by atoms with Crippen LogP contribution in [0.2, 0.25) is 0 Å². The van der Waals surface area contributed by atoms with Crippen LogP contribution in [-0.4, -0.2) is 22.1 Å². The highest BCUT2D eigenvalue weighted by Crippen LogP contribution is 1.61. The van der Waals surface area contributed by atoms with Crippen molar-refractivity contribution in [1.29, 1.82) is 0 Å². The van der Waals surface area contributed by atoms with Gasteiger partial charge in [0.1, 0.15) is 0 Å². The molecule has 2 N–H and O–H groups in total. The molecule has 7 heteroatoms. The van der Waals surface area contributed by atoms with Crippen LogP contribution < -0.4 is 0 Å². The number of carboxylic acid groups (broad SMARTS) is 1. The van der Waals surface area contributed by atoms with Crippen molar-refractivity contribution in [3.8, 4) is 0 Å². The smallest absolute Gasteiger partial charge is 0.371 e. The topological polar surface area (TPSA) is 113 Å². The van der Waals surface area contributed by atoms with Crippen molar-refractivity contribution < 1.29 is 24.9 Å². The molecule has 0 aromatic rings. The lowest BCUT2D eigenvalue weighted by Gasteiger charge is -1.73. The molecule has 0 aromatic heterocycles. The molecule has 0 aliphatic carbocycles. The minimum atomic E-state index is -1.38. The van der Waals surface area contributed by atoms with Crippen molar-refractivity contribution in [3.05, 3.63) is 4.91 Å². The molecule has 0 aromatic carbocycles. The van der Waals surface area contributed by atoms with E-state index >= 15 is 0 Å². The molecule has 0 bridgehead atoms. The van der Waals surface area contributed by atoms with Gasteiger partial charge < -0.3 is 5.11 Å². The lowest BCUT2D eigenvalue weighted by atomic mass is 10.5. The number of carbonyl (C=O) groups excluding carboxylic acids is 1.